The molecule has 0 saturated heterocycles. The van der Waals surface area contributed by atoms with Crippen molar-refractivity contribution in [2.75, 3.05) is 6.61 Å². The number of azide groups is 1. The lowest BCUT2D eigenvalue weighted by molar-refractivity contribution is 0.1000. The first-order valence-corrected chi connectivity index (χ1v) is 6.18. The van der Waals surface area contributed by atoms with E-state index in [0.29, 0.717) is 29.7 Å². The summed E-state index contributed by atoms with van der Waals surface area (Å²) in [4.78, 5) is 14.4. The molecule has 0 saturated carbocycles. The molecule has 6 nitrogen and oxygen atoms in total. The number of amides is 1. The lowest BCUT2D eigenvalue weighted by atomic mass is 9.94. The highest BCUT2D eigenvalue weighted by Gasteiger charge is 2.24. The van der Waals surface area contributed by atoms with E-state index in [2.05, 4.69) is 10.0 Å². The van der Waals surface area contributed by atoms with Gasteiger partial charge in [0.15, 0.2) is 0 Å². The Balaban J connectivity index is 2.35. The minimum atomic E-state index is -0.680. The lowest BCUT2D eigenvalue weighted by Crippen LogP contribution is -2.15. The van der Waals surface area contributed by atoms with E-state index in [4.69, 9.17) is 10.3 Å². The van der Waals surface area contributed by atoms with Gasteiger partial charge in [0.1, 0.15) is 5.75 Å². The van der Waals surface area contributed by atoms with Crippen molar-refractivity contribution >= 4 is 16.7 Å². The minimum Gasteiger partial charge on any atom is -0.492 e. The van der Waals surface area contributed by atoms with Gasteiger partial charge in [-0.2, -0.15) is 0 Å². The maximum Gasteiger partial charge on any atom is 0.249 e. The lowest BCUT2D eigenvalue weighted by Gasteiger charge is -2.24. The second kappa shape index (κ2) is 4.85. The molecule has 0 spiro atoms. The van der Waals surface area contributed by atoms with Crippen LogP contribution in [0.15, 0.2) is 35.4 Å². The minimum absolute atomic E-state index is 0.279. The van der Waals surface area contributed by atoms with Gasteiger partial charge in [0.25, 0.3) is 0 Å². The molecule has 0 bridgehead atoms. The molecule has 6 heteroatoms. The average Bonchev–Trinajstić information content (AvgIpc) is 2.47. The Kier molecular flexibility index (Phi) is 3.02. The van der Waals surface area contributed by atoms with E-state index in [0.717, 1.165) is 5.39 Å². The number of carbonyl (C=O) groups is 1. The molecule has 1 aliphatic heterocycles. The van der Waals surface area contributed by atoms with Gasteiger partial charge < -0.3 is 9.84 Å². The first-order chi connectivity index (χ1) is 9.72. The van der Waals surface area contributed by atoms with Crippen molar-refractivity contribution in [3.63, 3.8) is 0 Å². The number of fused-ring (bicyclic) bond motifs is 3. The summed E-state index contributed by atoms with van der Waals surface area (Å²) in [5, 5.41) is 14.6. The number of hydrogen-bond donors (Lipinski definition) is 1. The van der Waals surface area contributed by atoms with Crippen LogP contribution in [0.25, 0.3) is 21.2 Å². The highest BCUT2D eigenvalue weighted by molar-refractivity contribution is 6.09. The maximum absolute atomic E-state index is 11.9. The Morgan fingerprint density at radius 1 is 1.40 bits per heavy atom. The average molecular weight is 269 g/mol. The first-order valence-electron chi connectivity index (χ1n) is 6.18. The van der Waals surface area contributed by atoms with Gasteiger partial charge in [-0.05, 0) is 22.1 Å². The third kappa shape index (κ3) is 1.87. The predicted molar refractivity (Wildman–Crippen MR) is 72.5 cm³/mol. The van der Waals surface area contributed by atoms with Crippen molar-refractivity contribution in [3.8, 4) is 5.75 Å². The summed E-state index contributed by atoms with van der Waals surface area (Å²) < 4.78 is 5.63. The van der Waals surface area contributed by atoms with Gasteiger partial charge in [-0.1, -0.05) is 24.3 Å². The summed E-state index contributed by atoms with van der Waals surface area (Å²) >= 11 is 0. The van der Waals surface area contributed by atoms with Gasteiger partial charge in [-0.15, -0.1) is 0 Å². The number of ether oxygens (including phenoxy) is 1. The van der Waals surface area contributed by atoms with E-state index in [1.807, 2.05) is 12.1 Å². The highest BCUT2D eigenvalue weighted by atomic mass is 16.5. The molecule has 20 heavy (non-hydrogen) atoms. The molecule has 0 radical (unpaired) electrons. The van der Waals surface area contributed by atoms with Crippen molar-refractivity contribution in [2.45, 2.75) is 12.5 Å². The Morgan fingerprint density at radius 2 is 2.15 bits per heavy atom. The van der Waals surface area contributed by atoms with Crippen LogP contribution in [0.4, 0.5) is 0 Å². The fourth-order valence-corrected chi connectivity index (χ4v) is 2.48. The standard InChI is InChI=1S/C14H11N3O3/c15-17-16-14(19)10-7-11-12(18)5-6-20-13(11)9-4-2-1-3-8(9)10/h1-4,7,12,18H,5-6H2. The van der Waals surface area contributed by atoms with E-state index in [1.54, 1.807) is 18.2 Å². The second-order valence-corrected chi connectivity index (χ2v) is 4.54. The fourth-order valence-electron chi connectivity index (χ4n) is 2.48. The van der Waals surface area contributed by atoms with Gasteiger partial charge >= 0.3 is 0 Å². The van der Waals surface area contributed by atoms with Crippen LogP contribution in [0.3, 0.4) is 0 Å². The molecule has 0 fully saturated rings. The van der Waals surface area contributed by atoms with Crippen molar-refractivity contribution in [1.82, 2.24) is 0 Å². The van der Waals surface area contributed by atoms with E-state index in [9.17, 15) is 9.90 Å². The molecule has 1 unspecified atom stereocenters. The van der Waals surface area contributed by atoms with Gasteiger partial charge in [-0.3, -0.25) is 4.79 Å². The Hall–Kier alpha value is -2.56. The summed E-state index contributed by atoms with van der Waals surface area (Å²) in [6.07, 6.45) is -0.207. The molecule has 1 heterocycles. The third-order valence-electron chi connectivity index (χ3n) is 3.39. The van der Waals surface area contributed by atoms with Crippen LogP contribution < -0.4 is 4.74 Å². The monoisotopic (exact) mass is 269 g/mol. The van der Waals surface area contributed by atoms with E-state index < -0.39 is 12.0 Å². The van der Waals surface area contributed by atoms with Crippen molar-refractivity contribution in [3.05, 3.63) is 51.9 Å². The Labute approximate surface area is 114 Å². The summed E-state index contributed by atoms with van der Waals surface area (Å²) in [5.41, 5.74) is 9.26. The first kappa shape index (κ1) is 12.5. The van der Waals surface area contributed by atoms with Gasteiger partial charge in [0, 0.05) is 27.8 Å². The number of nitrogens with zero attached hydrogens (tertiary/aromatic N) is 3. The summed E-state index contributed by atoms with van der Waals surface area (Å²) in [7, 11) is 0. The molecular weight excluding hydrogens is 258 g/mol. The molecule has 2 aromatic carbocycles. The zero-order valence-electron chi connectivity index (χ0n) is 10.5. The summed E-state index contributed by atoms with van der Waals surface area (Å²) in [6, 6.07) is 8.76. The molecule has 100 valence electrons. The van der Waals surface area contributed by atoms with Gasteiger partial charge in [0.2, 0.25) is 5.91 Å². The third-order valence-corrected chi connectivity index (χ3v) is 3.39. The highest BCUT2D eigenvalue weighted by Crippen LogP contribution is 2.40. The normalized spacial score (nSPS) is 16.9. The fraction of sp³-hybridized carbons (Fsp3) is 0.214. The molecule has 1 aliphatic rings. The molecule has 1 atom stereocenters. The Bertz CT molecular complexity index is 751. The molecule has 1 N–H and O–H groups in total. The van der Waals surface area contributed by atoms with E-state index in [1.165, 1.54) is 0 Å². The Morgan fingerprint density at radius 3 is 2.90 bits per heavy atom. The largest absolute Gasteiger partial charge is 0.492 e. The van der Waals surface area contributed by atoms with E-state index in [-0.39, 0.29) is 5.56 Å². The zero-order chi connectivity index (χ0) is 14.1. The number of aliphatic hydroxyl groups excluding tert-OH is 1. The van der Waals surface area contributed by atoms with Crippen molar-refractivity contribution in [2.24, 2.45) is 5.11 Å². The SMILES string of the molecule is [N-]=[N+]=NC(=O)c1cc2c(c3ccccc13)OCCC2O. The van der Waals surface area contributed by atoms with Gasteiger partial charge in [-0.25, -0.2) is 0 Å². The zero-order valence-corrected chi connectivity index (χ0v) is 10.5. The predicted octanol–water partition coefficient (Wildman–Crippen LogP) is 3.11. The van der Waals surface area contributed by atoms with Gasteiger partial charge in [0.05, 0.1) is 12.7 Å². The van der Waals surface area contributed by atoms with Crippen LogP contribution in [-0.2, 0) is 0 Å². The molecule has 1 amide bonds. The number of benzene rings is 2. The number of rotatable bonds is 1. The topological polar surface area (TPSA) is 95.3 Å². The van der Waals surface area contributed by atoms with Crippen LogP contribution in [-0.4, -0.2) is 17.6 Å². The molecule has 0 aliphatic carbocycles. The van der Waals surface area contributed by atoms with Crippen LogP contribution in [0, 0.1) is 0 Å². The van der Waals surface area contributed by atoms with Crippen LogP contribution in [0.5, 0.6) is 5.75 Å². The second-order valence-electron chi connectivity index (χ2n) is 4.54. The number of aliphatic hydroxyl groups is 1. The smallest absolute Gasteiger partial charge is 0.249 e. The quantitative estimate of drug-likeness (QED) is 0.489. The summed E-state index contributed by atoms with van der Waals surface area (Å²) in [6.45, 7) is 0.432. The van der Waals surface area contributed by atoms with Crippen LogP contribution in [0.1, 0.15) is 28.4 Å². The van der Waals surface area contributed by atoms with Crippen molar-refractivity contribution < 1.29 is 14.6 Å². The van der Waals surface area contributed by atoms with Crippen LogP contribution >= 0.6 is 0 Å². The number of hydrogen-bond acceptors (Lipinski definition) is 3. The molecular formula is C14H11N3O3. The number of carbonyl (C=O) groups excluding carboxylic acids is 1. The van der Waals surface area contributed by atoms with Crippen LogP contribution in [0.2, 0.25) is 0 Å². The molecule has 0 aromatic heterocycles. The summed E-state index contributed by atoms with van der Waals surface area (Å²) in [5.74, 6) is -0.0684. The van der Waals surface area contributed by atoms with E-state index >= 15 is 0 Å². The van der Waals surface area contributed by atoms with Crippen molar-refractivity contribution in [1.29, 1.82) is 0 Å². The molecule has 3 rings (SSSR count). The maximum atomic E-state index is 11.9. The molecule has 2 aromatic rings.